The van der Waals surface area contributed by atoms with Gasteiger partial charge in [-0.05, 0) is 34.5 Å². The van der Waals surface area contributed by atoms with Crippen LogP contribution < -0.4 is 10.2 Å². The van der Waals surface area contributed by atoms with E-state index in [9.17, 15) is 0 Å². The molecule has 0 aliphatic rings. The largest absolute Gasteiger partial charge is 0.489 e. The van der Waals surface area contributed by atoms with Crippen LogP contribution in [0.3, 0.4) is 0 Å². The molecule has 0 atom stereocenters. The summed E-state index contributed by atoms with van der Waals surface area (Å²) in [6.45, 7) is 4.78. The van der Waals surface area contributed by atoms with Crippen molar-refractivity contribution in [2.24, 2.45) is 5.10 Å². The fourth-order valence-electron chi connectivity index (χ4n) is 2.53. The van der Waals surface area contributed by atoms with Crippen molar-refractivity contribution in [3.8, 4) is 5.75 Å². The molecule has 0 aliphatic carbocycles. The van der Waals surface area contributed by atoms with Crippen molar-refractivity contribution in [3.05, 3.63) is 89.5 Å². The lowest BCUT2D eigenvalue weighted by atomic mass is 10.0. The second kappa shape index (κ2) is 8.36. The Morgan fingerprint density at radius 2 is 1.84 bits per heavy atom. The third kappa shape index (κ3) is 4.40. The Balaban J connectivity index is 1.80. The number of ether oxygens (including phenoxy) is 1. The summed E-state index contributed by atoms with van der Waals surface area (Å²) < 4.78 is 5.77. The van der Waals surface area contributed by atoms with Crippen molar-refractivity contribution in [2.45, 2.75) is 6.54 Å². The lowest BCUT2D eigenvalue weighted by Gasteiger charge is -2.10. The first-order valence-corrected chi connectivity index (χ1v) is 8.41. The van der Waals surface area contributed by atoms with Crippen LogP contribution in [0.2, 0.25) is 5.02 Å². The van der Waals surface area contributed by atoms with E-state index in [1.807, 2.05) is 48.5 Å². The van der Waals surface area contributed by atoms with Crippen molar-refractivity contribution >= 4 is 28.6 Å². The summed E-state index contributed by atoms with van der Waals surface area (Å²) in [7, 11) is 0. The van der Waals surface area contributed by atoms with Gasteiger partial charge >= 0.3 is 0 Å². The predicted octanol–water partition coefficient (Wildman–Crippen LogP) is 5.18. The molecule has 0 radical (unpaired) electrons. The number of fused-ring (bicyclic) bond motifs is 1. The number of halogens is 1. The van der Waals surface area contributed by atoms with Crippen LogP contribution >= 0.6 is 11.6 Å². The Bertz CT molecular complexity index is 888. The first-order valence-electron chi connectivity index (χ1n) is 8.04. The molecular weight excluding hydrogens is 332 g/mol. The molecule has 0 saturated carbocycles. The second-order valence-electron chi connectivity index (χ2n) is 5.52. The van der Waals surface area contributed by atoms with Crippen molar-refractivity contribution in [1.82, 2.24) is 5.43 Å². The number of hydrogen-bond acceptors (Lipinski definition) is 3. The molecular formula is C21H19ClN2O. The Labute approximate surface area is 152 Å². The highest BCUT2D eigenvalue weighted by Crippen LogP contribution is 2.26. The third-order valence-corrected chi connectivity index (χ3v) is 4.02. The first-order chi connectivity index (χ1) is 12.3. The third-order valence-electron chi connectivity index (χ3n) is 3.77. The van der Waals surface area contributed by atoms with Gasteiger partial charge in [0.1, 0.15) is 12.4 Å². The zero-order valence-corrected chi connectivity index (χ0v) is 14.5. The minimum atomic E-state index is 0.456. The molecule has 4 heteroatoms. The van der Waals surface area contributed by atoms with Crippen molar-refractivity contribution < 1.29 is 4.74 Å². The van der Waals surface area contributed by atoms with Crippen LogP contribution in [0.15, 0.2) is 78.4 Å². The smallest absolute Gasteiger partial charge is 0.129 e. The first kappa shape index (κ1) is 17.1. The van der Waals surface area contributed by atoms with E-state index < -0.39 is 0 Å². The lowest BCUT2D eigenvalue weighted by Crippen LogP contribution is -2.06. The molecule has 0 unspecified atom stereocenters. The van der Waals surface area contributed by atoms with Crippen LogP contribution in [-0.4, -0.2) is 12.8 Å². The highest BCUT2D eigenvalue weighted by Gasteiger charge is 2.06. The van der Waals surface area contributed by atoms with Crippen molar-refractivity contribution in [1.29, 1.82) is 0 Å². The van der Waals surface area contributed by atoms with E-state index in [1.54, 1.807) is 12.3 Å². The zero-order chi connectivity index (χ0) is 17.5. The maximum absolute atomic E-state index is 5.90. The molecule has 3 aromatic rings. The molecule has 0 amide bonds. The van der Waals surface area contributed by atoms with Crippen molar-refractivity contribution in [3.63, 3.8) is 0 Å². The topological polar surface area (TPSA) is 33.6 Å². The maximum Gasteiger partial charge on any atom is 0.129 e. The monoisotopic (exact) mass is 350 g/mol. The molecule has 0 heterocycles. The van der Waals surface area contributed by atoms with E-state index in [4.69, 9.17) is 16.3 Å². The maximum atomic E-state index is 5.90. The minimum absolute atomic E-state index is 0.456. The molecule has 1 N–H and O–H groups in total. The molecule has 0 bridgehead atoms. The number of nitrogens with zero attached hydrogens (tertiary/aromatic N) is 1. The SMILES string of the molecule is C=CCOc1ccc2ccccc2c1/C=N\NCc1ccc(Cl)cc1. The average molecular weight is 351 g/mol. The quantitative estimate of drug-likeness (QED) is 0.362. The predicted molar refractivity (Wildman–Crippen MR) is 106 cm³/mol. The van der Waals surface area contributed by atoms with Crippen molar-refractivity contribution in [2.75, 3.05) is 6.61 Å². The fraction of sp³-hybridized carbons (Fsp3) is 0.0952. The van der Waals surface area contributed by atoms with Gasteiger partial charge in [-0.25, -0.2) is 0 Å². The summed E-state index contributed by atoms with van der Waals surface area (Å²) in [6, 6.07) is 19.9. The number of hydrazone groups is 1. The summed E-state index contributed by atoms with van der Waals surface area (Å²) in [5.74, 6) is 0.788. The van der Waals surface area contributed by atoms with E-state index in [1.165, 1.54) is 0 Å². The summed E-state index contributed by atoms with van der Waals surface area (Å²) in [4.78, 5) is 0. The summed E-state index contributed by atoms with van der Waals surface area (Å²) >= 11 is 5.90. The highest BCUT2D eigenvalue weighted by molar-refractivity contribution is 6.30. The second-order valence-corrected chi connectivity index (χ2v) is 5.95. The van der Waals surface area contributed by atoms with Gasteiger partial charge in [-0.3, -0.25) is 0 Å². The molecule has 0 aromatic heterocycles. The molecule has 126 valence electrons. The Hall–Kier alpha value is -2.78. The van der Waals surface area contributed by atoms with Gasteiger partial charge in [0.05, 0.1) is 12.8 Å². The molecule has 0 saturated heterocycles. The van der Waals surface area contributed by atoms with Gasteiger partial charge in [0, 0.05) is 10.6 Å². The van der Waals surface area contributed by atoms with Gasteiger partial charge in [0.15, 0.2) is 0 Å². The van der Waals surface area contributed by atoms with Gasteiger partial charge in [0.25, 0.3) is 0 Å². The summed E-state index contributed by atoms with van der Waals surface area (Å²) in [5.41, 5.74) is 5.13. The Morgan fingerprint density at radius 1 is 1.04 bits per heavy atom. The average Bonchev–Trinajstić information content (AvgIpc) is 2.65. The van der Waals surface area contributed by atoms with Gasteiger partial charge in [0.2, 0.25) is 0 Å². The molecule has 3 nitrogen and oxygen atoms in total. The van der Waals surface area contributed by atoms with Crippen LogP contribution in [0, 0.1) is 0 Å². The van der Waals surface area contributed by atoms with Gasteiger partial charge in [-0.1, -0.05) is 66.7 Å². The van der Waals surface area contributed by atoms with E-state index in [0.717, 1.165) is 32.7 Å². The van der Waals surface area contributed by atoms with E-state index in [0.29, 0.717) is 13.2 Å². The van der Waals surface area contributed by atoms with Gasteiger partial charge < -0.3 is 10.2 Å². The van der Waals surface area contributed by atoms with E-state index in [2.05, 4.69) is 29.2 Å². The molecule has 0 aliphatic heterocycles. The van der Waals surface area contributed by atoms with Crippen LogP contribution in [0.4, 0.5) is 0 Å². The van der Waals surface area contributed by atoms with Crippen LogP contribution in [0.5, 0.6) is 5.75 Å². The van der Waals surface area contributed by atoms with E-state index in [-0.39, 0.29) is 0 Å². The Morgan fingerprint density at radius 3 is 2.64 bits per heavy atom. The van der Waals surface area contributed by atoms with Gasteiger partial charge in [-0.2, -0.15) is 5.10 Å². The highest BCUT2D eigenvalue weighted by atomic mass is 35.5. The zero-order valence-electron chi connectivity index (χ0n) is 13.8. The molecule has 3 aromatic carbocycles. The fourth-order valence-corrected chi connectivity index (χ4v) is 2.66. The minimum Gasteiger partial charge on any atom is -0.489 e. The van der Waals surface area contributed by atoms with Crippen LogP contribution in [0.1, 0.15) is 11.1 Å². The van der Waals surface area contributed by atoms with Gasteiger partial charge in [-0.15, -0.1) is 0 Å². The van der Waals surface area contributed by atoms with E-state index >= 15 is 0 Å². The molecule has 0 spiro atoms. The molecule has 0 fully saturated rings. The Kier molecular flexibility index (Phi) is 5.70. The summed E-state index contributed by atoms with van der Waals surface area (Å²) in [5, 5.41) is 7.34. The lowest BCUT2D eigenvalue weighted by molar-refractivity contribution is 0.363. The molecule has 25 heavy (non-hydrogen) atoms. The normalized spacial score (nSPS) is 10.9. The van der Waals surface area contributed by atoms with Crippen LogP contribution in [-0.2, 0) is 6.54 Å². The molecule has 3 rings (SSSR count). The summed E-state index contributed by atoms with van der Waals surface area (Å²) in [6.07, 6.45) is 3.53. The number of benzene rings is 3. The number of hydrogen-bond donors (Lipinski definition) is 1. The number of nitrogens with one attached hydrogen (secondary N) is 1. The number of rotatable bonds is 7. The standard InChI is InChI=1S/C21H19ClN2O/c1-2-13-25-21-12-9-17-5-3-4-6-19(17)20(21)15-24-23-14-16-7-10-18(22)11-8-16/h2-12,15,23H,1,13-14H2/b24-15-. The van der Waals surface area contributed by atoms with Crippen LogP contribution in [0.25, 0.3) is 10.8 Å².